The first-order chi connectivity index (χ1) is 10.3. The summed E-state index contributed by atoms with van der Waals surface area (Å²) in [6, 6.07) is 21.8. The lowest BCUT2D eigenvalue weighted by atomic mass is 9.91. The second-order valence-corrected chi connectivity index (χ2v) is 5.42. The number of rotatable bonds is 4. The summed E-state index contributed by atoms with van der Waals surface area (Å²) >= 11 is 0. The van der Waals surface area contributed by atoms with Gasteiger partial charge in [0.15, 0.2) is 0 Å². The normalized spacial score (nSPS) is 11.0. The van der Waals surface area contributed by atoms with E-state index < -0.39 is 0 Å². The van der Waals surface area contributed by atoms with E-state index in [4.69, 9.17) is 0 Å². The maximum absolute atomic E-state index is 3.44. The highest BCUT2D eigenvalue weighted by Gasteiger charge is 2.10. The van der Waals surface area contributed by atoms with E-state index >= 15 is 0 Å². The molecule has 0 spiro atoms. The lowest BCUT2D eigenvalue weighted by Gasteiger charge is -2.15. The van der Waals surface area contributed by atoms with Crippen LogP contribution in [0, 0.1) is 6.92 Å². The van der Waals surface area contributed by atoms with E-state index in [1.807, 2.05) is 0 Å². The van der Waals surface area contributed by atoms with E-state index in [1.54, 1.807) is 0 Å². The molecule has 0 bridgehead atoms. The van der Waals surface area contributed by atoms with E-state index in [0.717, 1.165) is 13.1 Å². The number of hydrogen-bond donors (Lipinski definition) is 1. The highest BCUT2D eigenvalue weighted by Crippen LogP contribution is 2.33. The first kappa shape index (κ1) is 13.8. The SMILES string of the molecule is CCNCc1ccccc1-c1c(C)ccc2ccccc12. The second-order valence-electron chi connectivity index (χ2n) is 5.42. The van der Waals surface area contributed by atoms with Gasteiger partial charge in [0.1, 0.15) is 0 Å². The highest BCUT2D eigenvalue weighted by molar-refractivity contribution is 5.98. The molecule has 0 fully saturated rings. The lowest BCUT2D eigenvalue weighted by molar-refractivity contribution is 0.728. The lowest BCUT2D eigenvalue weighted by Crippen LogP contribution is -2.12. The predicted molar refractivity (Wildman–Crippen MR) is 91.5 cm³/mol. The molecule has 0 aliphatic rings. The van der Waals surface area contributed by atoms with Crippen LogP contribution in [0.25, 0.3) is 21.9 Å². The molecule has 0 atom stereocenters. The summed E-state index contributed by atoms with van der Waals surface area (Å²) in [5.41, 5.74) is 5.39. The number of nitrogens with one attached hydrogen (secondary N) is 1. The Morgan fingerprint density at radius 1 is 0.857 bits per heavy atom. The number of hydrogen-bond acceptors (Lipinski definition) is 1. The van der Waals surface area contributed by atoms with Gasteiger partial charge in [0.2, 0.25) is 0 Å². The van der Waals surface area contributed by atoms with Crippen molar-refractivity contribution < 1.29 is 0 Å². The molecule has 0 heterocycles. The maximum atomic E-state index is 3.44. The van der Waals surface area contributed by atoms with Crippen LogP contribution in [0.1, 0.15) is 18.1 Å². The smallest absolute Gasteiger partial charge is 0.0211 e. The van der Waals surface area contributed by atoms with E-state index in [-0.39, 0.29) is 0 Å². The van der Waals surface area contributed by atoms with Crippen LogP contribution in [0.4, 0.5) is 0 Å². The Bertz CT molecular complexity index is 759. The van der Waals surface area contributed by atoms with Crippen molar-refractivity contribution in [1.29, 1.82) is 0 Å². The molecule has 3 rings (SSSR count). The van der Waals surface area contributed by atoms with Crippen LogP contribution in [-0.2, 0) is 6.54 Å². The van der Waals surface area contributed by atoms with Gasteiger partial charge < -0.3 is 5.32 Å². The van der Waals surface area contributed by atoms with Crippen molar-refractivity contribution in [3.05, 3.63) is 71.8 Å². The van der Waals surface area contributed by atoms with Crippen LogP contribution >= 0.6 is 0 Å². The molecule has 1 N–H and O–H groups in total. The molecule has 1 heteroatoms. The van der Waals surface area contributed by atoms with Crippen molar-refractivity contribution in [3.63, 3.8) is 0 Å². The molecule has 0 aromatic heterocycles. The zero-order valence-corrected chi connectivity index (χ0v) is 12.7. The van der Waals surface area contributed by atoms with Gasteiger partial charge in [-0.2, -0.15) is 0 Å². The molecule has 1 nitrogen and oxygen atoms in total. The Balaban J connectivity index is 2.23. The van der Waals surface area contributed by atoms with Crippen LogP contribution in [0.2, 0.25) is 0 Å². The first-order valence-electron chi connectivity index (χ1n) is 7.58. The van der Waals surface area contributed by atoms with Crippen molar-refractivity contribution in [2.75, 3.05) is 6.54 Å². The fraction of sp³-hybridized carbons (Fsp3) is 0.200. The van der Waals surface area contributed by atoms with Crippen molar-refractivity contribution in [1.82, 2.24) is 5.32 Å². The van der Waals surface area contributed by atoms with Crippen LogP contribution in [0.5, 0.6) is 0 Å². The van der Waals surface area contributed by atoms with Crippen molar-refractivity contribution in [2.45, 2.75) is 20.4 Å². The molecular weight excluding hydrogens is 254 g/mol. The first-order valence-corrected chi connectivity index (χ1v) is 7.58. The molecule has 0 amide bonds. The summed E-state index contributed by atoms with van der Waals surface area (Å²) in [7, 11) is 0. The second kappa shape index (κ2) is 6.11. The standard InChI is InChI=1S/C20H21N/c1-3-21-14-17-9-5-7-11-19(17)20-15(2)12-13-16-8-4-6-10-18(16)20/h4-13,21H,3,14H2,1-2H3. The number of benzene rings is 3. The van der Waals surface area contributed by atoms with E-state index in [1.165, 1.54) is 33.0 Å². The molecule has 3 aromatic carbocycles. The van der Waals surface area contributed by atoms with E-state index in [2.05, 4.69) is 79.8 Å². The zero-order valence-electron chi connectivity index (χ0n) is 12.7. The van der Waals surface area contributed by atoms with Gasteiger partial charge in [-0.15, -0.1) is 0 Å². The van der Waals surface area contributed by atoms with Crippen LogP contribution in [0.15, 0.2) is 60.7 Å². The topological polar surface area (TPSA) is 12.0 Å². The molecule has 0 unspecified atom stereocenters. The largest absolute Gasteiger partial charge is 0.313 e. The number of aryl methyl sites for hydroxylation is 1. The summed E-state index contributed by atoms with van der Waals surface area (Å²) in [5, 5.41) is 6.08. The fourth-order valence-electron chi connectivity index (χ4n) is 2.92. The van der Waals surface area contributed by atoms with Crippen molar-refractivity contribution >= 4 is 10.8 Å². The van der Waals surface area contributed by atoms with Gasteiger partial charge in [0, 0.05) is 6.54 Å². The van der Waals surface area contributed by atoms with Gasteiger partial charge in [-0.05, 0) is 46.5 Å². The summed E-state index contributed by atoms with van der Waals surface area (Å²) in [6.07, 6.45) is 0. The molecule has 0 saturated carbocycles. The zero-order chi connectivity index (χ0) is 14.7. The Kier molecular flexibility index (Phi) is 4.03. The molecule has 106 valence electrons. The minimum absolute atomic E-state index is 0.912. The minimum Gasteiger partial charge on any atom is -0.313 e. The average Bonchev–Trinajstić information content (AvgIpc) is 2.53. The molecule has 0 saturated heterocycles. The monoisotopic (exact) mass is 275 g/mol. The Morgan fingerprint density at radius 3 is 2.48 bits per heavy atom. The third-order valence-corrected chi connectivity index (χ3v) is 3.99. The Labute approximate surface area is 126 Å². The van der Waals surface area contributed by atoms with Gasteiger partial charge in [-0.1, -0.05) is 67.6 Å². The molecule has 0 radical (unpaired) electrons. The molecule has 0 aliphatic carbocycles. The summed E-state index contributed by atoms with van der Waals surface area (Å²) in [6.45, 7) is 6.25. The highest BCUT2D eigenvalue weighted by atomic mass is 14.8. The summed E-state index contributed by atoms with van der Waals surface area (Å²) in [4.78, 5) is 0. The van der Waals surface area contributed by atoms with Gasteiger partial charge in [-0.25, -0.2) is 0 Å². The predicted octanol–water partition coefficient (Wildman–Crippen LogP) is 4.92. The summed E-state index contributed by atoms with van der Waals surface area (Å²) in [5.74, 6) is 0. The van der Waals surface area contributed by atoms with Gasteiger partial charge in [-0.3, -0.25) is 0 Å². The Morgan fingerprint density at radius 2 is 1.62 bits per heavy atom. The number of fused-ring (bicyclic) bond motifs is 1. The fourth-order valence-corrected chi connectivity index (χ4v) is 2.92. The van der Waals surface area contributed by atoms with Crippen molar-refractivity contribution in [2.24, 2.45) is 0 Å². The molecule has 0 aliphatic heterocycles. The average molecular weight is 275 g/mol. The van der Waals surface area contributed by atoms with Crippen LogP contribution in [-0.4, -0.2) is 6.54 Å². The van der Waals surface area contributed by atoms with Gasteiger partial charge >= 0.3 is 0 Å². The molecule has 3 aromatic rings. The van der Waals surface area contributed by atoms with Gasteiger partial charge in [0.05, 0.1) is 0 Å². The van der Waals surface area contributed by atoms with Crippen LogP contribution in [0.3, 0.4) is 0 Å². The Hall–Kier alpha value is -2.12. The third-order valence-electron chi connectivity index (χ3n) is 3.99. The quantitative estimate of drug-likeness (QED) is 0.712. The molecular formula is C20H21N. The third kappa shape index (κ3) is 2.70. The van der Waals surface area contributed by atoms with E-state index in [0.29, 0.717) is 0 Å². The minimum atomic E-state index is 0.912. The maximum Gasteiger partial charge on any atom is 0.0211 e. The van der Waals surface area contributed by atoms with Crippen molar-refractivity contribution in [3.8, 4) is 11.1 Å². The van der Waals surface area contributed by atoms with E-state index in [9.17, 15) is 0 Å². The summed E-state index contributed by atoms with van der Waals surface area (Å²) < 4.78 is 0. The molecule has 21 heavy (non-hydrogen) atoms. The van der Waals surface area contributed by atoms with Gasteiger partial charge in [0.25, 0.3) is 0 Å². The van der Waals surface area contributed by atoms with Crippen LogP contribution < -0.4 is 5.32 Å².